The Labute approximate surface area is 170 Å². The van der Waals surface area contributed by atoms with Crippen LogP contribution in [0.5, 0.6) is 5.75 Å². The van der Waals surface area contributed by atoms with Crippen LogP contribution in [-0.2, 0) is 4.79 Å². The maximum absolute atomic E-state index is 12.4. The zero-order valence-electron chi connectivity index (χ0n) is 16.9. The molecular formula is C23H25N3O3. The quantitative estimate of drug-likeness (QED) is 0.454. The number of rotatable bonds is 8. The third-order valence-electron chi connectivity index (χ3n) is 4.63. The van der Waals surface area contributed by atoms with Gasteiger partial charge in [0.1, 0.15) is 5.75 Å². The fourth-order valence-electron chi connectivity index (χ4n) is 3.05. The van der Waals surface area contributed by atoms with E-state index < -0.39 is 0 Å². The van der Waals surface area contributed by atoms with Gasteiger partial charge in [-0.15, -0.1) is 0 Å². The van der Waals surface area contributed by atoms with Crippen molar-refractivity contribution in [3.8, 4) is 11.4 Å². The van der Waals surface area contributed by atoms with Crippen LogP contribution in [-0.4, -0.2) is 28.1 Å². The SMILES string of the molecule is CC(=O)c1ccc(OCCCC(=O)Nc2c(C)nn(-c3ccccc3)c2C)cc1. The van der Waals surface area contributed by atoms with E-state index in [1.807, 2.05) is 48.9 Å². The van der Waals surface area contributed by atoms with E-state index in [-0.39, 0.29) is 11.7 Å². The number of hydrogen-bond donors (Lipinski definition) is 1. The van der Waals surface area contributed by atoms with Gasteiger partial charge in [-0.2, -0.15) is 5.10 Å². The molecule has 0 fully saturated rings. The molecule has 0 spiro atoms. The standard InChI is InChI=1S/C23H25N3O3/c1-16-23(17(2)26(25-16)20-8-5-4-6-9-20)24-22(28)10-7-15-29-21-13-11-19(12-14-21)18(3)27/h4-6,8-9,11-14H,7,10,15H2,1-3H3,(H,24,28). The maximum atomic E-state index is 12.4. The Morgan fingerprint density at radius 3 is 2.38 bits per heavy atom. The summed E-state index contributed by atoms with van der Waals surface area (Å²) >= 11 is 0. The first-order chi connectivity index (χ1) is 14.0. The fourth-order valence-corrected chi connectivity index (χ4v) is 3.05. The highest BCUT2D eigenvalue weighted by atomic mass is 16.5. The van der Waals surface area contributed by atoms with Crippen LogP contribution < -0.4 is 10.1 Å². The van der Waals surface area contributed by atoms with Gasteiger partial charge >= 0.3 is 0 Å². The lowest BCUT2D eigenvalue weighted by Gasteiger charge is -2.08. The monoisotopic (exact) mass is 391 g/mol. The fraction of sp³-hybridized carbons (Fsp3) is 0.261. The van der Waals surface area contributed by atoms with Crippen molar-refractivity contribution in [3.63, 3.8) is 0 Å². The molecule has 1 aromatic heterocycles. The summed E-state index contributed by atoms with van der Waals surface area (Å²) < 4.78 is 7.48. The Morgan fingerprint density at radius 2 is 1.72 bits per heavy atom. The number of anilines is 1. The Morgan fingerprint density at radius 1 is 1.03 bits per heavy atom. The first-order valence-corrected chi connectivity index (χ1v) is 9.61. The van der Waals surface area contributed by atoms with Gasteiger partial charge in [0.05, 0.1) is 29.4 Å². The highest BCUT2D eigenvalue weighted by Crippen LogP contribution is 2.23. The summed E-state index contributed by atoms with van der Waals surface area (Å²) in [5.41, 5.74) is 4.03. The number of amides is 1. The number of aryl methyl sites for hydroxylation is 1. The first kappa shape index (κ1) is 20.3. The number of para-hydroxylation sites is 1. The van der Waals surface area contributed by atoms with E-state index in [2.05, 4.69) is 10.4 Å². The third-order valence-corrected chi connectivity index (χ3v) is 4.63. The molecule has 0 aliphatic carbocycles. The molecule has 0 saturated carbocycles. The van der Waals surface area contributed by atoms with Gasteiger partial charge in [0.2, 0.25) is 5.91 Å². The van der Waals surface area contributed by atoms with Crippen molar-refractivity contribution < 1.29 is 14.3 Å². The Balaban J connectivity index is 1.51. The molecule has 0 radical (unpaired) electrons. The maximum Gasteiger partial charge on any atom is 0.224 e. The molecule has 6 nitrogen and oxygen atoms in total. The molecule has 0 unspecified atom stereocenters. The van der Waals surface area contributed by atoms with Crippen LogP contribution in [0.15, 0.2) is 54.6 Å². The summed E-state index contributed by atoms with van der Waals surface area (Å²) in [6.45, 7) is 5.78. The molecule has 1 heterocycles. The average molecular weight is 391 g/mol. The van der Waals surface area contributed by atoms with Crippen LogP contribution in [0, 0.1) is 13.8 Å². The lowest BCUT2D eigenvalue weighted by Crippen LogP contribution is -2.14. The van der Waals surface area contributed by atoms with Crippen LogP contribution in [0.3, 0.4) is 0 Å². The van der Waals surface area contributed by atoms with E-state index >= 15 is 0 Å². The van der Waals surface area contributed by atoms with Crippen molar-refractivity contribution in [2.45, 2.75) is 33.6 Å². The number of ketones is 1. The summed E-state index contributed by atoms with van der Waals surface area (Å²) in [6, 6.07) is 16.8. The van der Waals surface area contributed by atoms with Crippen molar-refractivity contribution in [3.05, 3.63) is 71.5 Å². The van der Waals surface area contributed by atoms with E-state index in [9.17, 15) is 9.59 Å². The van der Waals surface area contributed by atoms with Crippen LogP contribution in [0.2, 0.25) is 0 Å². The molecule has 0 saturated heterocycles. The predicted molar refractivity (Wildman–Crippen MR) is 113 cm³/mol. The molecule has 150 valence electrons. The zero-order chi connectivity index (χ0) is 20.8. The highest BCUT2D eigenvalue weighted by molar-refractivity contribution is 5.94. The van der Waals surface area contributed by atoms with Crippen molar-refractivity contribution in [2.75, 3.05) is 11.9 Å². The lowest BCUT2D eigenvalue weighted by molar-refractivity contribution is -0.116. The Bertz CT molecular complexity index is 992. The number of carbonyl (C=O) groups excluding carboxylic acids is 2. The third kappa shape index (κ3) is 5.10. The molecule has 3 rings (SSSR count). The molecule has 1 N–H and O–H groups in total. The summed E-state index contributed by atoms with van der Waals surface area (Å²) in [6.07, 6.45) is 0.937. The molecule has 0 atom stereocenters. The number of hydrogen-bond acceptors (Lipinski definition) is 4. The van der Waals surface area contributed by atoms with E-state index in [0.29, 0.717) is 30.8 Å². The highest BCUT2D eigenvalue weighted by Gasteiger charge is 2.15. The van der Waals surface area contributed by atoms with E-state index in [1.165, 1.54) is 6.92 Å². The molecule has 1 amide bonds. The number of aromatic nitrogens is 2. The van der Waals surface area contributed by atoms with Crippen LogP contribution in [0.4, 0.5) is 5.69 Å². The van der Waals surface area contributed by atoms with Crippen LogP contribution in [0.25, 0.3) is 5.69 Å². The molecule has 2 aromatic carbocycles. The van der Waals surface area contributed by atoms with Crippen LogP contribution in [0.1, 0.15) is 41.5 Å². The number of benzene rings is 2. The van der Waals surface area contributed by atoms with E-state index in [0.717, 1.165) is 22.8 Å². The van der Waals surface area contributed by atoms with Gasteiger partial charge < -0.3 is 10.1 Å². The minimum Gasteiger partial charge on any atom is -0.494 e. The van der Waals surface area contributed by atoms with E-state index in [4.69, 9.17) is 4.74 Å². The van der Waals surface area contributed by atoms with Gasteiger partial charge in [0, 0.05) is 12.0 Å². The second-order valence-corrected chi connectivity index (χ2v) is 6.87. The summed E-state index contributed by atoms with van der Waals surface area (Å²) in [5, 5.41) is 7.51. The van der Waals surface area contributed by atoms with Crippen molar-refractivity contribution in [1.29, 1.82) is 0 Å². The molecule has 6 heteroatoms. The van der Waals surface area contributed by atoms with Gasteiger partial charge in [-0.1, -0.05) is 18.2 Å². The Kier molecular flexibility index (Phi) is 6.44. The van der Waals surface area contributed by atoms with Crippen LogP contribution >= 0.6 is 0 Å². The normalized spacial score (nSPS) is 10.6. The van der Waals surface area contributed by atoms with Gasteiger partial charge in [0.25, 0.3) is 0 Å². The summed E-state index contributed by atoms with van der Waals surface area (Å²) in [7, 11) is 0. The number of ether oxygens (including phenoxy) is 1. The second-order valence-electron chi connectivity index (χ2n) is 6.87. The molecule has 0 aliphatic rings. The van der Waals surface area contributed by atoms with E-state index in [1.54, 1.807) is 24.3 Å². The second kappa shape index (κ2) is 9.19. The number of Topliss-reactive ketones (excluding diaryl/α,β-unsaturated/α-hetero) is 1. The topological polar surface area (TPSA) is 73.2 Å². The summed E-state index contributed by atoms with van der Waals surface area (Å²) in [5.74, 6) is 0.639. The summed E-state index contributed by atoms with van der Waals surface area (Å²) in [4.78, 5) is 23.6. The molecule has 0 aliphatic heterocycles. The molecular weight excluding hydrogens is 366 g/mol. The number of nitrogens with zero attached hydrogens (tertiary/aromatic N) is 2. The van der Waals surface area contributed by atoms with Gasteiger partial charge in [0.15, 0.2) is 5.78 Å². The zero-order valence-corrected chi connectivity index (χ0v) is 16.9. The van der Waals surface area contributed by atoms with Crippen molar-refractivity contribution in [1.82, 2.24) is 9.78 Å². The minimum atomic E-state index is -0.0701. The first-order valence-electron chi connectivity index (χ1n) is 9.61. The minimum absolute atomic E-state index is 0.0226. The number of nitrogens with one attached hydrogen (secondary N) is 1. The molecule has 0 bridgehead atoms. The predicted octanol–water partition coefficient (Wildman–Crippen LogP) is 4.49. The Hall–Kier alpha value is -3.41. The van der Waals surface area contributed by atoms with Gasteiger partial charge in [-0.05, 0) is 63.6 Å². The van der Waals surface area contributed by atoms with Gasteiger partial charge in [-0.25, -0.2) is 4.68 Å². The lowest BCUT2D eigenvalue weighted by atomic mass is 10.1. The van der Waals surface area contributed by atoms with Gasteiger partial charge in [-0.3, -0.25) is 9.59 Å². The van der Waals surface area contributed by atoms with Crippen molar-refractivity contribution >= 4 is 17.4 Å². The average Bonchev–Trinajstić information content (AvgIpc) is 3.00. The molecule has 3 aromatic rings. The largest absolute Gasteiger partial charge is 0.494 e. The van der Waals surface area contributed by atoms with Crippen molar-refractivity contribution in [2.24, 2.45) is 0 Å². The smallest absolute Gasteiger partial charge is 0.224 e. The number of carbonyl (C=O) groups is 2. The molecule has 29 heavy (non-hydrogen) atoms.